The molecule has 4 aromatic heterocycles. The standard InChI is InChI=1S/C41H22N2O3/c1-2-11-24-23(10-1)20-33(40-39(24)38-27(14-9-19-36(38)45-40)41-42-30-15-5-8-18-35(30)46-41)43-31-16-6-3-12-25(31)28-22-37-29(21-32(28)43)26-13-4-7-17-34(26)44-37/h1-22H. The Morgan fingerprint density at radius 3 is 2.13 bits per heavy atom. The summed E-state index contributed by atoms with van der Waals surface area (Å²) in [7, 11) is 0. The molecule has 0 fully saturated rings. The van der Waals surface area contributed by atoms with Crippen molar-refractivity contribution in [2.75, 3.05) is 0 Å². The number of rotatable bonds is 2. The number of aromatic nitrogens is 2. The Morgan fingerprint density at radius 1 is 0.457 bits per heavy atom. The van der Waals surface area contributed by atoms with Crippen LogP contribution in [0.5, 0.6) is 0 Å². The molecule has 11 rings (SSSR count). The van der Waals surface area contributed by atoms with E-state index >= 15 is 0 Å². The molecule has 0 unspecified atom stereocenters. The molecule has 0 N–H and O–H groups in total. The number of hydrogen-bond acceptors (Lipinski definition) is 4. The molecule has 0 aliphatic rings. The number of para-hydroxylation sites is 4. The molecule has 4 heterocycles. The van der Waals surface area contributed by atoms with Crippen molar-refractivity contribution >= 4 is 87.6 Å². The lowest BCUT2D eigenvalue weighted by Gasteiger charge is -2.11. The predicted octanol–water partition coefficient (Wildman–Crippen LogP) is 11.5. The molecule has 0 radical (unpaired) electrons. The fourth-order valence-electron chi connectivity index (χ4n) is 7.43. The number of furan rings is 2. The first-order valence-corrected chi connectivity index (χ1v) is 15.4. The maximum atomic E-state index is 6.88. The third-order valence-electron chi connectivity index (χ3n) is 9.41. The van der Waals surface area contributed by atoms with E-state index in [0.717, 1.165) is 98.8 Å². The zero-order valence-electron chi connectivity index (χ0n) is 24.3. The van der Waals surface area contributed by atoms with Gasteiger partial charge in [-0.05, 0) is 65.4 Å². The molecule has 7 aromatic carbocycles. The van der Waals surface area contributed by atoms with E-state index in [2.05, 4.69) is 89.5 Å². The Hall–Kier alpha value is -6.33. The van der Waals surface area contributed by atoms with Gasteiger partial charge in [-0.15, -0.1) is 0 Å². The number of fused-ring (bicyclic) bond motifs is 12. The minimum atomic E-state index is 0.579. The van der Waals surface area contributed by atoms with Gasteiger partial charge in [0.25, 0.3) is 0 Å². The first kappa shape index (κ1) is 24.0. The highest BCUT2D eigenvalue weighted by Crippen LogP contribution is 2.45. The van der Waals surface area contributed by atoms with Gasteiger partial charge in [-0.25, -0.2) is 4.98 Å². The molecule has 0 atom stereocenters. The van der Waals surface area contributed by atoms with E-state index in [1.807, 2.05) is 48.5 Å². The number of benzene rings is 7. The van der Waals surface area contributed by atoms with Gasteiger partial charge in [0.15, 0.2) is 11.2 Å². The third kappa shape index (κ3) is 3.11. The first-order valence-electron chi connectivity index (χ1n) is 15.4. The van der Waals surface area contributed by atoms with Crippen molar-refractivity contribution < 1.29 is 13.3 Å². The monoisotopic (exact) mass is 590 g/mol. The van der Waals surface area contributed by atoms with E-state index < -0.39 is 0 Å². The Kier molecular flexibility index (Phi) is 4.52. The largest absolute Gasteiger partial charge is 0.456 e. The van der Waals surface area contributed by atoms with E-state index in [0.29, 0.717) is 5.89 Å². The van der Waals surface area contributed by atoms with Crippen LogP contribution in [0.4, 0.5) is 0 Å². The molecule has 0 aliphatic carbocycles. The van der Waals surface area contributed by atoms with Gasteiger partial charge in [-0.1, -0.05) is 78.9 Å². The van der Waals surface area contributed by atoms with E-state index in [-0.39, 0.29) is 0 Å². The average Bonchev–Trinajstić information content (AvgIpc) is 3.87. The molecule has 0 saturated carbocycles. The quantitative estimate of drug-likeness (QED) is 0.201. The van der Waals surface area contributed by atoms with Crippen molar-refractivity contribution in [3.8, 4) is 17.1 Å². The van der Waals surface area contributed by atoms with Gasteiger partial charge in [0.1, 0.15) is 22.3 Å². The van der Waals surface area contributed by atoms with Gasteiger partial charge in [-0.2, -0.15) is 0 Å². The van der Waals surface area contributed by atoms with Gasteiger partial charge < -0.3 is 17.8 Å². The smallest absolute Gasteiger partial charge is 0.228 e. The number of nitrogens with zero attached hydrogens (tertiary/aromatic N) is 2. The second-order valence-electron chi connectivity index (χ2n) is 11.9. The predicted molar refractivity (Wildman–Crippen MR) is 186 cm³/mol. The SMILES string of the molecule is c1ccc2c(c1)cc(-n1c3ccccc3c3cc4oc5ccccc5c4cc31)c1oc3cccc(-c4nc5ccccc5o4)c3c12. The molecule has 0 saturated heterocycles. The molecule has 0 amide bonds. The lowest BCUT2D eigenvalue weighted by molar-refractivity contribution is 0.620. The van der Waals surface area contributed by atoms with E-state index in [1.165, 1.54) is 0 Å². The Bertz CT molecular complexity index is 3010. The first-order chi connectivity index (χ1) is 22.8. The van der Waals surface area contributed by atoms with Crippen LogP contribution in [0.15, 0.2) is 147 Å². The van der Waals surface area contributed by atoms with E-state index in [9.17, 15) is 0 Å². The number of hydrogen-bond donors (Lipinski definition) is 0. The summed E-state index contributed by atoms with van der Waals surface area (Å²) in [6.45, 7) is 0. The molecule has 11 aromatic rings. The Balaban J connectivity index is 1.31. The van der Waals surface area contributed by atoms with Crippen LogP contribution in [-0.4, -0.2) is 9.55 Å². The van der Waals surface area contributed by atoms with Crippen LogP contribution in [0.25, 0.3) is 105 Å². The van der Waals surface area contributed by atoms with Gasteiger partial charge in [0, 0.05) is 37.9 Å². The Morgan fingerprint density at radius 2 is 1.22 bits per heavy atom. The highest BCUT2D eigenvalue weighted by atomic mass is 16.4. The summed E-state index contributed by atoms with van der Waals surface area (Å²) < 4.78 is 21.9. The fraction of sp³-hybridized carbons (Fsp3) is 0. The van der Waals surface area contributed by atoms with Gasteiger partial charge in [0.05, 0.1) is 16.7 Å². The van der Waals surface area contributed by atoms with Gasteiger partial charge in [0.2, 0.25) is 5.89 Å². The van der Waals surface area contributed by atoms with E-state index in [1.54, 1.807) is 0 Å². The molecule has 0 spiro atoms. The van der Waals surface area contributed by atoms with Crippen LogP contribution in [0.3, 0.4) is 0 Å². The summed E-state index contributed by atoms with van der Waals surface area (Å²) >= 11 is 0. The van der Waals surface area contributed by atoms with Crippen molar-refractivity contribution in [2.45, 2.75) is 0 Å². The minimum Gasteiger partial charge on any atom is -0.456 e. The van der Waals surface area contributed by atoms with Crippen molar-refractivity contribution in [3.63, 3.8) is 0 Å². The summed E-state index contributed by atoms with van der Waals surface area (Å²) in [4.78, 5) is 4.88. The van der Waals surface area contributed by atoms with Crippen LogP contribution in [0.2, 0.25) is 0 Å². The normalized spacial score (nSPS) is 12.3. The molecular weight excluding hydrogens is 568 g/mol. The van der Waals surface area contributed by atoms with Crippen LogP contribution in [0.1, 0.15) is 0 Å². The van der Waals surface area contributed by atoms with Crippen LogP contribution in [-0.2, 0) is 0 Å². The zero-order valence-corrected chi connectivity index (χ0v) is 24.3. The summed E-state index contributed by atoms with van der Waals surface area (Å²) in [6.07, 6.45) is 0. The lowest BCUT2D eigenvalue weighted by atomic mass is 9.99. The number of oxazole rings is 1. The molecule has 0 aliphatic heterocycles. The second kappa shape index (κ2) is 8.65. The van der Waals surface area contributed by atoms with Crippen molar-refractivity contribution in [3.05, 3.63) is 133 Å². The molecule has 5 nitrogen and oxygen atoms in total. The lowest BCUT2D eigenvalue weighted by Crippen LogP contribution is -1.95. The summed E-state index contributed by atoms with van der Waals surface area (Å²) in [5.41, 5.74) is 9.04. The van der Waals surface area contributed by atoms with Crippen molar-refractivity contribution in [1.82, 2.24) is 9.55 Å². The average molecular weight is 591 g/mol. The van der Waals surface area contributed by atoms with Crippen LogP contribution in [0, 0.1) is 0 Å². The van der Waals surface area contributed by atoms with Gasteiger partial charge in [-0.3, -0.25) is 0 Å². The van der Waals surface area contributed by atoms with Gasteiger partial charge >= 0.3 is 0 Å². The Labute approximate surface area is 260 Å². The maximum Gasteiger partial charge on any atom is 0.228 e. The topological polar surface area (TPSA) is 57.2 Å². The molecular formula is C41H22N2O3. The zero-order chi connectivity index (χ0) is 29.9. The maximum absolute atomic E-state index is 6.88. The molecule has 46 heavy (non-hydrogen) atoms. The van der Waals surface area contributed by atoms with Crippen LogP contribution < -0.4 is 0 Å². The van der Waals surface area contributed by atoms with Crippen molar-refractivity contribution in [2.24, 2.45) is 0 Å². The molecule has 0 bridgehead atoms. The van der Waals surface area contributed by atoms with E-state index in [4.69, 9.17) is 18.2 Å². The molecule has 214 valence electrons. The highest BCUT2D eigenvalue weighted by Gasteiger charge is 2.24. The fourth-order valence-corrected chi connectivity index (χ4v) is 7.43. The highest BCUT2D eigenvalue weighted by molar-refractivity contribution is 6.25. The molecule has 5 heteroatoms. The summed E-state index contributed by atoms with van der Waals surface area (Å²) in [5, 5.41) is 8.76. The minimum absolute atomic E-state index is 0.579. The van der Waals surface area contributed by atoms with Crippen LogP contribution >= 0.6 is 0 Å². The second-order valence-corrected chi connectivity index (χ2v) is 11.9. The third-order valence-corrected chi connectivity index (χ3v) is 9.41. The summed E-state index contributed by atoms with van der Waals surface area (Å²) in [6, 6.07) is 46.0. The van der Waals surface area contributed by atoms with Crippen molar-refractivity contribution in [1.29, 1.82) is 0 Å². The summed E-state index contributed by atoms with van der Waals surface area (Å²) in [5.74, 6) is 0.579.